The van der Waals surface area contributed by atoms with Gasteiger partial charge in [-0.1, -0.05) is 37.5 Å². The highest BCUT2D eigenvalue weighted by atomic mass is 35.5. The number of rotatable bonds is 5. The minimum atomic E-state index is -0.940. The normalized spacial score (nSPS) is 26.4. The molecule has 1 amide bonds. The summed E-state index contributed by atoms with van der Waals surface area (Å²) in [5.74, 6) is -0.0970. The summed E-state index contributed by atoms with van der Waals surface area (Å²) < 4.78 is -0.940. The van der Waals surface area contributed by atoms with E-state index in [9.17, 15) is 4.79 Å². The molecule has 0 radical (unpaired) electrons. The number of benzene rings is 1. The maximum Gasteiger partial charge on any atom is 0.233 e. The molecule has 2 aliphatic carbocycles. The summed E-state index contributed by atoms with van der Waals surface area (Å²) in [7, 11) is 2.18. The summed E-state index contributed by atoms with van der Waals surface area (Å²) in [6, 6.07) is 8.65. The summed E-state index contributed by atoms with van der Waals surface area (Å²) in [5, 5.41) is 3.04. The molecule has 24 heavy (non-hydrogen) atoms. The van der Waals surface area contributed by atoms with Gasteiger partial charge in [0.1, 0.15) is 4.33 Å². The van der Waals surface area contributed by atoms with E-state index in [2.05, 4.69) is 23.3 Å². The van der Waals surface area contributed by atoms with Crippen LogP contribution in [0.1, 0.15) is 51.0 Å². The standard InChI is InChI=1S/C19H26Cl2N2O/c1-18(13-19(18,20)21)17(24)22-16-11-7-6-8-14(16)12-23(2)15-9-4-3-5-10-15/h6-8,11,15H,3-5,9-10,12-13H2,1-2H3,(H,22,24)/t18-/m1/s1. The largest absolute Gasteiger partial charge is 0.325 e. The molecule has 2 aliphatic rings. The monoisotopic (exact) mass is 368 g/mol. The van der Waals surface area contributed by atoms with E-state index in [1.54, 1.807) is 0 Å². The molecule has 3 nitrogen and oxygen atoms in total. The third-order valence-corrected chi connectivity index (χ3v) is 6.74. The van der Waals surface area contributed by atoms with Crippen LogP contribution in [0.4, 0.5) is 5.69 Å². The quantitative estimate of drug-likeness (QED) is 0.743. The molecule has 0 aromatic heterocycles. The molecule has 0 aliphatic heterocycles. The van der Waals surface area contributed by atoms with Crippen LogP contribution in [0.15, 0.2) is 24.3 Å². The highest BCUT2D eigenvalue weighted by molar-refractivity contribution is 6.53. The number of anilines is 1. The molecule has 5 heteroatoms. The van der Waals surface area contributed by atoms with Crippen LogP contribution in [0, 0.1) is 5.41 Å². The lowest BCUT2D eigenvalue weighted by molar-refractivity contribution is -0.120. The first kappa shape index (κ1) is 18.0. The van der Waals surface area contributed by atoms with E-state index in [1.165, 1.54) is 32.1 Å². The lowest BCUT2D eigenvalue weighted by Gasteiger charge is -2.31. The summed E-state index contributed by atoms with van der Waals surface area (Å²) >= 11 is 12.3. The van der Waals surface area contributed by atoms with Gasteiger partial charge in [0.2, 0.25) is 5.91 Å². The average molecular weight is 369 g/mol. The van der Waals surface area contributed by atoms with Crippen LogP contribution in [0.3, 0.4) is 0 Å². The number of carbonyl (C=O) groups is 1. The van der Waals surface area contributed by atoms with Gasteiger partial charge < -0.3 is 5.32 Å². The molecule has 0 spiro atoms. The zero-order valence-corrected chi connectivity index (χ0v) is 16.0. The second kappa shape index (κ2) is 6.86. The number of alkyl halides is 2. The van der Waals surface area contributed by atoms with Gasteiger partial charge in [-0.2, -0.15) is 0 Å². The summed E-state index contributed by atoms with van der Waals surface area (Å²) in [5.41, 5.74) is 1.30. The van der Waals surface area contributed by atoms with E-state index >= 15 is 0 Å². The van der Waals surface area contributed by atoms with Crippen molar-refractivity contribution in [2.75, 3.05) is 12.4 Å². The molecule has 3 rings (SSSR count). The Morgan fingerprint density at radius 2 is 1.88 bits per heavy atom. The van der Waals surface area contributed by atoms with Gasteiger partial charge in [0.05, 0.1) is 5.41 Å². The Labute approximate surface area is 154 Å². The van der Waals surface area contributed by atoms with Gasteiger partial charge in [0.15, 0.2) is 0 Å². The summed E-state index contributed by atoms with van der Waals surface area (Å²) in [6.07, 6.45) is 7.03. The Hall–Kier alpha value is -0.770. The topological polar surface area (TPSA) is 32.3 Å². The smallest absolute Gasteiger partial charge is 0.233 e. The number of halogens is 2. The molecule has 0 bridgehead atoms. The number of hydrogen-bond acceptors (Lipinski definition) is 2. The number of amides is 1. The number of carbonyl (C=O) groups excluding carboxylic acids is 1. The molecule has 0 unspecified atom stereocenters. The van der Waals surface area contributed by atoms with Gasteiger partial charge in [-0.05, 0) is 44.9 Å². The van der Waals surface area contributed by atoms with E-state index < -0.39 is 9.75 Å². The van der Waals surface area contributed by atoms with E-state index in [0.717, 1.165) is 17.8 Å². The van der Waals surface area contributed by atoms with Crippen molar-refractivity contribution in [3.8, 4) is 0 Å². The van der Waals surface area contributed by atoms with E-state index in [1.807, 2.05) is 25.1 Å². The van der Waals surface area contributed by atoms with Crippen molar-refractivity contribution in [1.82, 2.24) is 4.90 Å². The highest BCUT2D eigenvalue weighted by Crippen LogP contribution is 2.64. The molecule has 0 saturated heterocycles. The summed E-state index contributed by atoms with van der Waals surface area (Å²) in [4.78, 5) is 15.0. The lowest BCUT2D eigenvalue weighted by atomic mass is 9.94. The minimum Gasteiger partial charge on any atom is -0.325 e. The van der Waals surface area contributed by atoms with Gasteiger partial charge in [0.25, 0.3) is 0 Å². The van der Waals surface area contributed by atoms with Crippen LogP contribution in [0.2, 0.25) is 0 Å². The Morgan fingerprint density at radius 3 is 2.50 bits per heavy atom. The van der Waals surface area contributed by atoms with Gasteiger partial charge in [0, 0.05) is 18.3 Å². The van der Waals surface area contributed by atoms with Crippen LogP contribution < -0.4 is 5.32 Å². The van der Waals surface area contributed by atoms with E-state index in [4.69, 9.17) is 23.2 Å². The first-order valence-electron chi connectivity index (χ1n) is 8.81. The fraction of sp³-hybridized carbons (Fsp3) is 0.632. The first-order valence-corrected chi connectivity index (χ1v) is 9.56. The van der Waals surface area contributed by atoms with Crippen molar-refractivity contribution in [2.45, 2.75) is 62.4 Å². The third kappa shape index (κ3) is 3.58. The average Bonchev–Trinajstić information content (AvgIpc) is 3.09. The van der Waals surface area contributed by atoms with E-state index in [-0.39, 0.29) is 5.91 Å². The third-order valence-electron chi connectivity index (χ3n) is 5.64. The number of nitrogens with zero attached hydrogens (tertiary/aromatic N) is 1. The van der Waals surface area contributed by atoms with Crippen molar-refractivity contribution in [3.63, 3.8) is 0 Å². The molecule has 2 saturated carbocycles. The molecule has 2 fully saturated rings. The highest BCUT2D eigenvalue weighted by Gasteiger charge is 2.67. The Bertz CT molecular complexity index is 613. The molecule has 1 aromatic carbocycles. The second-order valence-electron chi connectivity index (χ2n) is 7.53. The van der Waals surface area contributed by atoms with Crippen LogP contribution in [0.25, 0.3) is 0 Å². The predicted molar refractivity (Wildman–Crippen MR) is 101 cm³/mol. The minimum absolute atomic E-state index is 0.0970. The van der Waals surface area contributed by atoms with Gasteiger partial charge in [-0.25, -0.2) is 0 Å². The molecular formula is C19H26Cl2N2O. The zero-order valence-electron chi connectivity index (χ0n) is 14.4. The molecule has 1 atom stereocenters. The van der Waals surface area contributed by atoms with Crippen molar-refractivity contribution >= 4 is 34.8 Å². The fourth-order valence-corrected chi connectivity index (χ4v) is 4.31. The zero-order chi connectivity index (χ0) is 17.4. The molecule has 1 aromatic rings. The van der Waals surface area contributed by atoms with Crippen LogP contribution in [0.5, 0.6) is 0 Å². The Balaban J connectivity index is 1.68. The van der Waals surface area contributed by atoms with Crippen molar-refractivity contribution < 1.29 is 4.79 Å². The number of nitrogens with one attached hydrogen (secondary N) is 1. The number of para-hydroxylation sites is 1. The van der Waals surface area contributed by atoms with Crippen molar-refractivity contribution in [2.24, 2.45) is 5.41 Å². The maximum absolute atomic E-state index is 12.6. The SMILES string of the molecule is CN(Cc1ccccc1NC(=O)[C@@]1(C)CC1(Cl)Cl)C1CCCCC1. The fourth-order valence-electron chi connectivity index (χ4n) is 3.61. The second-order valence-corrected chi connectivity index (χ2v) is 9.02. The first-order chi connectivity index (χ1) is 11.3. The van der Waals surface area contributed by atoms with Crippen LogP contribution in [-0.4, -0.2) is 28.2 Å². The predicted octanol–water partition coefficient (Wildman–Crippen LogP) is 4.97. The molecule has 1 N–H and O–H groups in total. The van der Waals surface area contributed by atoms with Gasteiger partial charge in [-0.15, -0.1) is 23.2 Å². The van der Waals surface area contributed by atoms with Crippen LogP contribution in [-0.2, 0) is 11.3 Å². The molecule has 0 heterocycles. The van der Waals surface area contributed by atoms with Crippen LogP contribution >= 0.6 is 23.2 Å². The Kier molecular flexibility index (Phi) is 5.15. The number of hydrogen-bond donors (Lipinski definition) is 1. The van der Waals surface area contributed by atoms with Crippen molar-refractivity contribution in [3.05, 3.63) is 29.8 Å². The van der Waals surface area contributed by atoms with Gasteiger partial charge in [-0.3, -0.25) is 9.69 Å². The molecular weight excluding hydrogens is 343 g/mol. The van der Waals surface area contributed by atoms with Gasteiger partial charge >= 0.3 is 0 Å². The lowest BCUT2D eigenvalue weighted by Crippen LogP contribution is -2.33. The summed E-state index contributed by atoms with van der Waals surface area (Å²) in [6.45, 7) is 2.66. The maximum atomic E-state index is 12.6. The Morgan fingerprint density at radius 1 is 1.25 bits per heavy atom. The molecule has 132 valence electrons. The van der Waals surface area contributed by atoms with E-state index in [0.29, 0.717) is 12.5 Å². The van der Waals surface area contributed by atoms with Crippen molar-refractivity contribution in [1.29, 1.82) is 0 Å².